The van der Waals surface area contributed by atoms with Crippen LogP contribution in [0.1, 0.15) is 48.0 Å². The zero-order chi connectivity index (χ0) is 22.0. The maximum Gasteiger partial charge on any atom is 0.270 e. The quantitative estimate of drug-likeness (QED) is 0.526. The molecule has 0 spiro atoms. The first-order chi connectivity index (χ1) is 14.9. The summed E-state index contributed by atoms with van der Waals surface area (Å²) in [5.41, 5.74) is 4.90. The van der Waals surface area contributed by atoms with Crippen LogP contribution in [-0.4, -0.2) is 25.8 Å². The second-order valence-electron chi connectivity index (χ2n) is 8.31. The number of aromatic amines is 1. The summed E-state index contributed by atoms with van der Waals surface area (Å²) in [6.07, 6.45) is 5.03. The molecule has 0 saturated carbocycles. The Hall–Kier alpha value is -4.05. The molecule has 1 amide bonds. The van der Waals surface area contributed by atoms with Crippen molar-refractivity contribution in [1.29, 1.82) is 5.26 Å². The van der Waals surface area contributed by atoms with E-state index in [1.165, 1.54) is 6.33 Å². The Morgan fingerprint density at radius 2 is 1.97 bits per heavy atom. The number of H-pyrrole nitrogens is 1. The van der Waals surface area contributed by atoms with Gasteiger partial charge in [-0.15, -0.1) is 0 Å². The summed E-state index contributed by atoms with van der Waals surface area (Å²) in [6.45, 7) is 6.52. The summed E-state index contributed by atoms with van der Waals surface area (Å²) in [5, 5.41) is 13.4. The standard InChI is InChI=1S/C24H22N6O/c1-24(2,3)18-6-7-20(27-13-18)23(31)28-12-16-5-4-15(10-17(16)11-25)21-19-8-9-26-22(19)30-14-29-21/h4-10,13-14H,12H2,1-3H3,(H,28,31)(H,26,29,30). The topological polar surface area (TPSA) is 107 Å². The van der Waals surface area contributed by atoms with E-state index in [0.717, 1.165) is 33.4 Å². The first-order valence-electron chi connectivity index (χ1n) is 9.93. The van der Waals surface area contributed by atoms with Crippen LogP contribution in [0.25, 0.3) is 22.3 Å². The molecule has 0 aliphatic carbocycles. The normalized spacial score (nSPS) is 11.3. The van der Waals surface area contributed by atoms with E-state index in [1.807, 2.05) is 24.3 Å². The van der Waals surface area contributed by atoms with Crippen LogP contribution in [0.15, 0.2) is 55.1 Å². The van der Waals surface area contributed by atoms with Crippen molar-refractivity contribution >= 4 is 16.9 Å². The first kappa shape index (κ1) is 20.2. The average Bonchev–Trinajstić information content (AvgIpc) is 3.26. The molecule has 4 rings (SSSR count). The number of hydrogen-bond donors (Lipinski definition) is 2. The van der Waals surface area contributed by atoms with Gasteiger partial charge in [0, 0.05) is 29.9 Å². The number of pyridine rings is 1. The van der Waals surface area contributed by atoms with Crippen molar-refractivity contribution < 1.29 is 4.79 Å². The largest absolute Gasteiger partial charge is 0.347 e. The predicted molar refractivity (Wildman–Crippen MR) is 118 cm³/mol. The highest BCUT2D eigenvalue weighted by atomic mass is 16.1. The second-order valence-corrected chi connectivity index (χ2v) is 8.31. The molecule has 7 nitrogen and oxygen atoms in total. The van der Waals surface area contributed by atoms with Crippen molar-refractivity contribution in [3.63, 3.8) is 0 Å². The lowest BCUT2D eigenvalue weighted by Gasteiger charge is -2.18. The highest BCUT2D eigenvalue weighted by Crippen LogP contribution is 2.26. The number of nitrogens with zero attached hydrogens (tertiary/aromatic N) is 4. The third-order valence-electron chi connectivity index (χ3n) is 5.16. The van der Waals surface area contributed by atoms with Gasteiger partial charge in [-0.2, -0.15) is 5.26 Å². The fraction of sp³-hybridized carbons (Fsp3) is 0.208. The number of rotatable bonds is 4. The van der Waals surface area contributed by atoms with Crippen LogP contribution in [0.2, 0.25) is 0 Å². The molecule has 0 radical (unpaired) electrons. The van der Waals surface area contributed by atoms with Gasteiger partial charge in [-0.25, -0.2) is 9.97 Å². The molecule has 0 atom stereocenters. The number of benzene rings is 1. The molecule has 2 N–H and O–H groups in total. The minimum absolute atomic E-state index is 0.0267. The predicted octanol–water partition coefficient (Wildman–Crippen LogP) is 4.12. The lowest BCUT2D eigenvalue weighted by Crippen LogP contribution is -2.24. The Balaban J connectivity index is 1.52. The Morgan fingerprint density at radius 1 is 1.13 bits per heavy atom. The van der Waals surface area contributed by atoms with Crippen molar-refractivity contribution in [2.75, 3.05) is 0 Å². The van der Waals surface area contributed by atoms with Gasteiger partial charge in [0.15, 0.2) is 0 Å². The molecule has 31 heavy (non-hydrogen) atoms. The summed E-state index contributed by atoms with van der Waals surface area (Å²) in [7, 11) is 0. The van der Waals surface area contributed by atoms with E-state index < -0.39 is 0 Å². The Morgan fingerprint density at radius 3 is 2.68 bits per heavy atom. The number of aromatic nitrogens is 4. The first-order valence-corrected chi connectivity index (χ1v) is 9.93. The zero-order valence-electron chi connectivity index (χ0n) is 17.6. The summed E-state index contributed by atoms with van der Waals surface area (Å²) in [5.74, 6) is -0.279. The molecule has 0 saturated heterocycles. The lowest BCUT2D eigenvalue weighted by molar-refractivity contribution is 0.0946. The fourth-order valence-corrected chi connectivity index (χ4v) is 3.32. The van der Waals surface area contributed by atoms with E-state index in [2.05, 4.69) is 52.1 Å². The van der Waals surface area contributed by atoms with Gasteiger partial charge in [-0.1, -0.05) is 39.0 Å². The van der Waals surface area contributed by atoms with Crippen molar-refractivity contribution in [2.24, 2.45) is 0 Å². The number of fused-ring (bicyclic) bond motifs is 1. The van der Waals surface area contributed by atoms with E-state index in [1.54, 1.807) is 24.5 Å². The molecule has 7 heteroatoms. The van der Waals surface area contributed by atoms with E-state index in [9.17, 15) is 10.1 Å². The van der Waals surface area contributed by atoms with Gasteiger partial charge in [-0.05, 0) is 34.7 Å². The minimum Gasteiger partial charge on any atom is -0.347 e. The number of carbonyl (C=O) groups is 1. The molecule has 0 unspecified atom stereocenters. The molecule has 0 aliphatic heterocycles. The van der Waals surface area contributed by atoms with Crippen LogP contribution in [0.4, 0.5) is 0 Å². The molecule has 1 aromatic carbocycles. The number of nitrogens with one attached hydrogen (secondary N) is 2. The number of carbonyl (C=O) groups excluding carboxylic acids is 1. The van der Waals surface area contributed by atoms with Crippen LogP contribution < -0.4 is 5.32 Å². The highest BCUT2D eigenvalue weighted by Gasteiger charge is 2.16. The summed E-state index contributed by atoms with van der Waals surface area (Å²) in [4.78, 5) is 28.4. The fourth-order valence-electron chi connectivity index (χ4n) is 3.32. The molecule has 0 bridgehead atoms. The van der Waals surface area contributed by atoms with Gasteiger partial charge < -0.3 is 10.3 Å². The van der Waals surface area contributed by atoms with Crippen LogP contribution in [0, 0.1) is 11.3 Å². The maximum atomic E-state index is 12.5. The summed E-state index contributed by atoms with van der Waals surface area (Å²) in [6, 6.07) is 13.3. The smallest absolute Gasteiger partial charge is 0.270 e. The van der Waals surface area contributed by atoms with Gasteiger partial charge >= 0.3 is 0 Å². The van der Waals surface area contributed by atoms with Crippen molar-refractivity contribution in [3.05, 3.63) is 77.5 Å². The molecule has 154 valence electrons. The average molecular weight is 410 g/mol. The van der Waals surface area contributed by atoms with Gasteiger partial charge in [0.2, 0.25) is 0 Å². The Labute approximate surface area is 180 Å². The minimum atomic E-state index is -0.279. The third-order valence-corrected chi connectivity index (χ3v) is 5.16. The Bertz CT molecular complexity index is 1290. The molecule has 0 aliphatic rings. The van der Waals surface area contributed by atoms with Crippen LogP contribution in [-0.2, 0) is 12.0 Å². The van der Waals surface area contributed by atoms with Crippen LogP contribution in [0.5, 0.6) is 0 Å². The summed E-state index contributed by atoms with van der Waals surface area (Å²) < 4.78 is 0. The van der Waals surface area contributed by atoms with Crippen LogP contribution >= 0.6 is 0 Å². The monoisotopic (exact) mass is 410 g/mol. The van der Waals surface area contributed by atoms with E-state index in [0.29, 0.717) is 11.3 Å². The third kappa shape index (κ3) is 4.14. The van der Waals surface area contributed by atoms with E-state index in [4.69, 9.17) is 0 Å². The van der Waals surface area contributed by atoms with Gasteiger partial charge in [0.25, 0.3) is 5.91 Å². The second kappa shape index (κ2) is 8.00. The molecule has 0 fully saturated rings. The van der Waals surface area contributed by atoms with Gasteiger partial charge in [-0.3, -0.25) is 9.78 Å². The zero-order valence-corrected chi connectivity index (χ0v) is 17.6. The molecule has 4 aromatic rings. The molecule has 3 heterocycles. The highest BCUT2D eigenvalue weighted by molar-refractivity contribution is 5.92. The molecule has 3 aromatic heterocycles. The molecular formula is C24H22N6O. The van der Waals surface area contributed by atoms with Crippen molar-refractivity contribution in [1.82, 2.24) is 25.3 Å². The lowest BCUT2D eigenvalue weighted by atomic mass is 9.88. The van der Waals surface area contributed by atoms with Crippen molar-refractivity contribution in [2.45, 2.75) is 32.7 Å². The SMILES string of the molecule is CC(C)(C)c1ccc(C(=O)NCc2ccc(-c3ncnc4[nH]ccc34)cc2C#N)nc1. The number of hydrogen-bond acceptors (Lipinski definition) is 5. The number of nitriles is 1. The maximum absolute atomic E-state index is 12.5. The van der Waals surface area contributed by atoms with Crippen LogP contribution in [0.3, 0.4) is 0 Å². The number of amides is 1. The summed E-state index contributed by atoms with van der Waals surface area (Å²) >= 11 is 0. The molecular weight excluding hydrogens is 388 g/mol. The van der Waals surface area contributed by atoms with Crippen molar-refractivity contribution in [3.8, 4) is 17.3 Å². The van der Waals surface area contributed by atoms with Gasteiger partial charge in [0.1, 0.15) is 17.7 Å². The van der Waals surface area contributed by atoms with Gasteiger partial charge in [0.05, 0.1) is 17.3 Å². The Kier molecular flexibility index (Phi) is 5.22. The van der Waals surface area contributed by atoms with E-state index in [-0.39, 0.29) is 17.9 Å². The van der Waals surface area contributed by atoms with E-state index >= 15 is 0 Å².